The van der Waals surface area contributed by atoms with Crippen molar-refractivity contribution in [2.45, 2.75) is 30.2 Å². The van der Waals surface area contributed by atoms with E-state index in [0.717, 1.165) is 24.3 Å². The molecule has 2 aromatic carbocycles. The summed E-state index contributed by atoms with van der Waals surface area (Å²) in [6, 6.07) is 12.5. The van der Waals surface area contributed by atoms with E-state index in [2.05, 4.69) is 14.9 Å². The number of halogens is 4. The molecular formula is C24H21F4N3O5S. The first kappa shape index (κ1) is 26.4. The summed E-state index contributed by atoms with van der Waals surface area (Å²) in [7, 11) is -3.94. The van der Waals surface area contributed by atoms with Gasteiger partial charge < -0.3 is 14.6 Å². The first-order valence-electron chi connectivity index (χ1n) is 11.0. The minimum absolute atomic E-state index is 0.0885. The molecule has 0 amide bonds. The van der Waals surface area contributed by atoms with Gasteiger partial charge in [-0.25, -0.2) is 12.8 Å². The van der Waals surface area contributed by atoms with Crippen LogP contribution in [0.5, 0.6) is 5.75 Å². The molecule has 1 N–H and O–H groups in total. The minimum Gasteiger partial charge on any atom is -0.406 e. The number of alkyl halides is 3. The molecule has 0 radical (unpaired) electrons. The van der Waals surface area contributed by atoms with Gasteiger partial charge in [-0.15, -0.1) is 13.2 Å². The maximum Gasteiger partial charge on any atom is 0.573 e. The van der Waals surface area contributed by atoms with Gasteiger partial charge in [0.25, 0.3) is 0 Å². The zero-order valence-electron chi connectivity index (χ0n) is 19.1. The van der Waals surface area contributed by atoms with Gasteiger partial charge in [0.05, 0.1) is 10.6 Å². The lowest BCUT2D eigenvalue weighted by Gasteiger charge is -2.27. The van der Waals surface area contributed by atoms with Crippen LogP contribution in [0.2, 0.25) is 0 Å². The van der Waals surface area contributed by atoms with E-state index in [1.54, 1.807) is 6.07 Å². The third kappa shape index (κ3) is 6.74. The SMILES string of the molecule is O=c1ccc(C(ON=C2CCN(S(=O)(=O)c3ccc(OC(F)(F)F)cc3)CC2)c2ccc(F)cc2)c[nH]1. The second-order valence-corrected chi connectivity index (χ2v) is 10.0. The van der Waals surface area contributed by atoms with Gasteiger partial charge in [0, 0.05) is 43.8 Å². The summed E-state index contributed by atoms with van der Waals surface area (Å²) in [5, 5.41) is 4.20. The van der Waals surface area contributed by atoms with Gasteiger partial charge in [-0.05, 0) is 48.0 Å². The van der Waals surface area contributed by atoms with Crippen LogP contribution in [0.3, 0.4) is 0 Å². The van der Waals surface area contributed by atoms with Crippen molar-refractivity contribution in [2.75, 3.05) is 13.1 Å². The Balaban J connectivity index is 1.44. The molecule has 0 spiro atoms. The lowest BCUT2D eigenvalue weighted by atomic mass is 10.0. The van der Waals surface area contributed by atoms with Gasteiger partial charge >= 0.3 is 6.36 Å². The lowest BCUT2D eigenvalue weighted by molar-refractivity contribution is -0.274. The van der Waals surface area contributed by atoms with Crippen LogP contribution in [0.1, 0.15) is 30.1 Å². The van der Waals surface area contributed by atoms with Crippen LogP contribution >= 0.6 is 0 Å². The fourth-order valence-electron chi connectivity index (χ4n) is 3.70. The number of hydrogen-bond donors (Lipinski definition) is 1. The molecule has 1 fully saturated rings. The number of aromatic amines is 1. The highest BCUT2D eigenvalue weighted by Gasteiger charge is 2.32. The van der Waals surface area contributed by atoms with Crippen LogP contribution < -0.4 is 10.3 Å². The van der Waals surface area contributed by atoms with E-state index in [4.69, 9.17) is 4.84 Å². The molecule has 8 nitrogen and oxygen atoms in total. The van der Waals surface area contributed by atoms with Crippen molar-refractivity contribution in [2.24, 2.45) is 5.16 Å². The van der Waals surface area contributed by atoms with Gasteiger partial charge in [0.1, 0.15) is 11.6 Å². The van der Waals surface area contributed by atoms with Crippen LogP contribution in [0.4, 0.5) is 17.6 Å². The number of rotatable bonds is 7. The van der Waals surface area contributed by atoms with Crippen LogP contribution in [-0.2, 0) is 14.9 Å². The molecule has 37 heavy (non-hydrogen) atoms. The molecule has 196 valence electrons. The van der Waals surface area contributed by atoms with Crippen LogP contribution in [0, 0.1) is 5.82 Å². The highest BCUT2D eigenvalue weighted by Crippen LogP contribution is 2.28. The van der Waals surface area contributed by atoms with E-state index in [9.17, 15) is 30.8 Å². The number of aromatic nitrogens is 1. The first-order chi connectivity index (χ1) is 17.5. The molecule has 0 bridgehead atoms. The van der Waals surface area contributed by atoms with Gasteiger partial charge in [-0.3, -0.25) is 4.79 Å². The molecule has 1 saturated heterocycles. The summed E-state index contributed by atoms with van der Waals surface area (Å²) < 4.78 is 81.2. The third-order valence-corrected chi connectivity index (χ3v) is 7.48. The number of sulfonamides is 1. The Bertz CT molecular complexity index is 1390. The Morgan fingerprint density at radius 1 is 0.919 bits per heavy atom. The number of benzene rings is 2. The Hall–Kier alpha value is -3.71. The Labute approximate surface area is 209 Å². The summed E-state index contributed by atoms with van der Waals surface area (Å²) in [4.78, 5) is 19.6. The monoisotopic (exact) mass is 539 g/mol. The van der Waals surface area contributed by atoms with Crippen molar-refractivity contribution < 1.29 is 35.6 Å². The van der Waals surface area contributed by atoms with Gasteiger partial charge in [-0.1, -0.05) is 17.3 Å². The predicted molar refractivity (Wildman–Crippen MR) is 125 cm³/mol. The van der Waals surface area contributed by atoms with Crippen LogP contribution in [0.25, 0.3) is 0 Å². The molecule has 2 heterocycles. The molecule has 1 aliphatic rings. The number of nitrogens with one attached hydrogen (secondary N) is 1. The zero-order valence-corrected chi connectivity index (χ0v) is 19.9. The summed E-state index contributed by atoms with van der Waals surface area (Å²) in [5.41, 5.74) is 1.46. The number of ether oxygens (including phenoxy) is 1. The summed E-state index contributed by atoms with van der Waals surface area (Å²) in [6.45, 7) is 0.177. The second kappa shape index (κ2) is 10.7. The zero-order chi connectivity index (χ0) is 26.6. The van der Waals surface area contributed by atoms with E-state index in [0.29, 0.717) is 16.8 Å². The average molecular weight is 540 g/mol. The molecular weight excluding hydrogens is 518 g/mol. The van der Waals surface area contributed by atoms with Gasteiger partial charge in [-0.2, -0.15) is 4.31 Å². The first-order valence-corrected chi connectivity index (χ1v) is 12.5. The number of piperidine rings is 1. The highest BCUT2D eigenvalue weighted by atomic mass is 32.2. The van der Waals surface area contributed by atoms with E-state index >= 15 is 0 Å². The van der Waals surface area contributed by atoms with Crippen molar-refractivity contribution in [3.05, 3.63) is 94.2 Å². The number of hydrogen-bond acceptors (Lipinski definition) is 6. The highest BCUT2D eigenvalue weighted by molar-refractivity contribution is 7.89. The fraction of sp³-hybridized carbons (Fsp3) is 0.250. The van der Waals surface area contributed by atoms with Crippen LogP contribution in [-0.4, -0.2) is 42.9 Å². The summed E-state index contributed by atoms with van der Waals surface area (Å²) >= 11 is 0. The molecule has 0 aliphatic carbocycles. The smallest absolute Gasteiger partial charge is 0.406 e. The lowest BCUT2D eigenvalue weighted by Crippen LogP contribution is -2.38. The van der Waals surface area contributed by atoms with Gasteiger partial charge in [0.2, 0.25) is 15.6 Å². The molecule has 1 aliphatic heterocycles. The second-order valence-electron chi connectivity index (χ2n) is 8.10. The van der Waals surface area contributed by atoms with Crippen molar-refractivity contribution in [1.82, 2.24) is 9.29 Å². The molecule has 4 rings (SSSR count). The van der Waals surface area contributed by atoms with Crippen LogP contribution in [0.15, 0.2) is 81.7 Å². The third-order valence-electron chi connectivity index (χ3n) is 5.57. The summed E-state index contributed by atoms with van der Waals surface area (Å²) in [5.74, 6) is -0.943. The molecule has 1 atom stereocenters. The molecule has 0 saturated carbocycles. The molecule has 13 heteroatoms. The molecule has 3 aromatic rings. The average Bonchev–Trinajstić information content (AvgIpc) is 2.86. The number of pyridine rings is 1. The minimum atomic E-state index is -4.88. The quantitative estimate of drug-likeness (QED) is 0.355. The number of oxime groups is 1. The van der Waals surface area contributed by atoms with E-state index in [-0.39, 0.29) is 36.4 Å². The summed E-state index contributed by atoms with van der Waals surface area (Å²) in [6.07, 6.45) is -3.63. The standard InChI is InChI=1S/C24H21F4N3O5S/c25-18-4-1-16(2-5-18)23(17-3-10-22(32)29-15-17)36-30-19-11-13-31(14-12-19)37(33,34)21-8-6-20(7-9-21)35-24(26,27)28/h1-10,15,23H,11-14H2,(H,29,32). The Morgan fingerprint density at radius 2 is 1.54 bits per heavy atom. The van der Waals surface area contributed by atoms with E-state index in [1.165, 1.54) is 40.8 Å². The van der Waals surface area contributed by atoms with Crippen molar-refractivity contribution in [1.29, 1.82) is 0 Å². The van der Waals surface area contributed by atoms with Crippen molar-refractivity contribution in [3.8, 4) is 5.75 Å². The molecule has 1 unspecified atom stereocenters. The number of nitrogens with zero attached hydrogens (tertiary/aromatic N) is 2. The van der Waals surface area contributed by atoms with Gasteiger partial charge in [0.15, 0.2) is 6.10 Å². The predicted octanol–water partition coefficient (Wildman–Crippen LogP) is 4.36. The maximum atomic E-state index is 13.4. The Kier molecular flexibility index (Phi) is 7.64. The Morgan fingerprint density at radius 3 is 2.11 bits per heavy atom. The maximum absolute atomic E-state index is 13.4. The molecule has 1 aromatic heterocycles. The largest absolute Gasteiger partial charge is 0.573 e. The van der Waals surface area contributed by atoms with E-state index in [1.807, 2.05) is 0 Å². The van der Waals surface area contributed by atoms with E-state index < -0.39 is 34.1 Å². The fourth-order valence-corrected chi connectivity index (χ4v) is 5.14. The van der Waals surface area contributed by atoms with Crippen molar-refractivity contribution in [3.63, 3.8) is 0 Å². The normalized spacial score (nSPS) is 15.7. The number of H-pyrrole nitrogens is 1. The van der Waals surface area contributed by atoms with Crippen molar-refractivity contribution >= 4 is 15.7 Å². The topological polar surface area (TPSA) is 101 Å².